The van der Waals surface area contributed by atoms with Crippen molar-refractivity contribution in [3.63, 3.8) is 0 Å². The molecular weight excluding hydrogens is 345 g/mol. The number of carbonyl (C=O) groups excluding carboxylic acids is 1. The zero-order valence-electron chi connectivity index (χ0n) is 15.3. The number of benzene rings is 2. The van der Waals surface area contributed by atoms with Crippen molar-refractivity contribution in [2.75, 3.05) is 19.8 Å². The molecule has 1 heterocycles. The van der Waals surface area contributed by atoms with Crippen molar-refractivity contribution in [2.24, 2.45) is 5.73 Å². The van der Waals surface area contributed by atoms with Gasteiger partial charge in [0.15, 0.2) is 0 Å². The zero-order valence-corrected chi connectivity index (χ0v) is 15.3. The van der Waals surface area contributed by atoms with Crippen molar-refractivity contribution >= 4 is 16.8 Å². The van der Waals surface area contributed by atoms with Gasteiger partial charge in [0.1, 0.15) is 11.5 Å². The monoisotopic (exact) mass is 369 g/mol. The second-order valence-corrected chi connectivity index (χ2v) is 6.47. The Kier molecular flexibility index (Phi) is 6.21. The number of nitrogens with two attached hydrogens (primary N) is 1. The Labute approximate surface area is 157 Å². The predicted octanol–water partition coefficient (Wildman–Crippen LogP) is 3.46. The molecule has 0 aliphatic carbocycles. The van der Waals surface area contributed by atoms with E-state index in [2.05, 4.69) is 10.3 Å². The Hall–Kier alpha value is -2.70. The highest BCUT2D eigenvalue weighted by molar-refractivity contribution is 6.09. The molecule has 142 valence electrons. The molecule has 0 spiro atoms. The fourth-order valence-corrected chi connectivity index (χ4v) is 2.98. The molecule has 5 nitrogen and oxygen atoms in total. The van der Waals surface area contributed by atoms with Gasteiger partial charge in [0, 0.05) is 35.7 Å². The molecule has 0 aliphatic heterocycles. The molecule has 2 aromatic carbocycles. The summed E-state index contributed by atoms with van der Waals surface area (Å²) >= 11 is 0. The molecule has 6 heteroatoms. The lowest BCUT2D eigenvalue weighted by Gasteiger charge is -2.13. The van der Waals surface area contributed by atoms with Gasteiger partial charge < -0.3 is 20.8 Å². The van der Waals surface area contributed by atoms with Crippen LogP contribution in [0.4, 0.5) is 4.39 Å². The highest BCUT2D eigenvalue weighted by atomic mass is 19.1. The van der Waals surface area contributed by atoms with E-state index < -0.39 is 0 Å². The number of amides is 1. The Balaban J connectivity index is 1.84. The summed E-state index contributed by atoms with van der Waals surface area (Å²) in [6.45, 7) is 3.38. The van der Waals surface area contributed by atoms with E-state index in [1.54, 1.807) is 12.1 Å². The van der Waals surface area contributed by atoms with Gasteiger partial charge in [-0.15, -0.1) is 0 Å². The van der Waals surface area contributed by atoms with E-state index in [4.69, 9.17) is 10.5 Å². The van der Waals surface area contributed by atoms with E-state index in [9.17, 15) is 9.18 Å². The zero-order chi connectivity index (χ0) is 19.2. The number of halogens is 1. The molecule has 3 aromatic rings. The summed E-state index contributed by atoms with van der Waals surface area (Å²) in [7, 11) is 0. The van der Waals surface area contributed by atoms with Crippen LogP contribution in [0.1, 0.15) is 23.8 Å². The van der Waals surface area contributed by atoms with Crippen LogP contribution in [0, 0.1) is 5.82 Å². The smallest absolute Gasteiger partial charge is 0.268 e. The Morgan fingerprint density at radius 2 is 1.96 bits per heavy atom. The summed E-state index contributed by atoms with van der Waals surface area (Å²) in [4.78, 5) is 16.0. The van der Waals surface area contributed by atoms with Crippen molar-refractivity contribution in [1.29, 1.82) is 0 Å². The maximum Gasteiger partial charge on any atom is 0.268 e. The van der Waals surface area contributed by atoms with Crippen LogP contribution in [-0.2, 0) is 4.74 Å². The second kappa shape index (κ2) is 8.79. The first kappa shape index (κ1) is 19.1. The van der Waals surface area contributed by atoms with Gasteiger partial charge in [0.25, 0.3) is 5.91 Å². The SMILES string of the molecule is CCCOC[C@H](N)CNC(=O)c1[nH]c2ccccc2c1-c1ccc(F)cc1. The van der Waals surface area contributed by atoms with E-state index in [1.165, 1.54) is 12.1 Å². The van der Waals surface area contributed by atoms with Crippen molar-refractivity contribution in [1.82, 2.24) is 10.3 Å². The molecule has 1 atom stereocenters. The molecule has 0 saturated heterocycles. The van der Waals surface area contributed by atoms with Crippen LogP contribution in [0.25, 0.3) is 22.0 Å². The Morgan fingerprint density at radius 3 is 2.70 bits per heavy atom. The molecule has 0 aliphatic rings. The third-order valence-electron chi connectivity index (χ3n) is 4.27. The van der Waals surface area contributed by atoms with Gasteiger partial charge in [-0.05, 0) is 30.2 Å². The normalized spacial score (nSPS) is 12.3. The number of rotatable bonds is 8. The number of nitrogens with one attached hydrogen (secondary N) is 2. The first-order valence-corrected chi connectivity index (χ1v) is 9.08. The van der Waals surface area contributed by atoms with Crippen molar-refractivity contribution in [2.45, 2.75) is 19.4 Å². The van der Waals surface area contributed by atoms with Crippen molar-refractivity contribution < 1.29 is 13.9 Å². The molecule has 0 saturated carbocycles. The maximum atomic E-state index is 13.3. The standard InChI is InChI=1S/C21H24FN3O2/c1-2-11-27-13-16(23)12-24-21(26)20-19(14-7-9-15(22)10-8-14)17-5-3-4-6-18(17)25-20/h3-10,16,25H,2,11-13,23H2,1H3,(H,24,26)/t16-/m1/s1. The van der Waals surface area contributed by atoms with Crippen LogP contribution in [0.3, 0.4) is 0 Å². The van der Waals surface area contributed by atoms with Gasteiger partial charge in [-0.2, -0.15) is 0 Å². The van der Waals surface area contributed by atoms with Gasteiger partial charge in [-0.1, -0.05) is 37.3 Å². The third kappa shape index (κ3) is 4.53. The van der Waals surface area contributed by atoms with Gasteiger partial charge in [0.05, 0.1) is 6.61 Å². The molecule has 0 unspecified atom stereocenters. The van der Waals surface area contributed by atoms with E-state index >= 15 is 0 Å². The first-order valence-electron chi connectivity index (χ1n) is 9.08. The summed E-state index contributed by atoms with van der Waals surface area (Å²) in [6, 6.07) is 13.5. The number of fused-ring (bicyclic) bond motifs is 1. The summed E-state index contributed by atoms with van der Waals surface area (Å²) in [5.74, 6) is -0.570. The van der Waals surface area contributed by atoms with Gasteiger partial charge in [0.2, 0.25) is 0 Å². The van der Waals surface area contributed by atoms with Crippen LogP contribution in [0.5, 0.6) is 0 Å². The summed E-state index contributed by atoms with van der Waals surface area (Å²) in [5, 5.41) is 3.77. The van der Waals surface area contributed by atoms with Gasteiger partial charge >= 0.3 is 0 Å². The molecular formula is C21H24FN3O2. The molecule has 0 radical (unpaired) electrons. The highest BCUT2D eigenvalue weighted by Gasteiger charge is 2.19. The van der Waals surface area contributed by atoms with Crippen LogP contribution in [0.15, 0.2) is 48.5 Å². The van der Waals surface area contributed by atoms with Crippen LogP contribution in [0.2, 0.25) is 0 Å². The maximum absolute atomic E-state index is 13.3. The minimum absolute atomic E-state index is 0.253. The molecule has 3 rings (SSSR count). The third-order valence-corrected chi connectivity index (χ3v) is 4.27. The minimum atomic E-state index is -0.317. The average Bonchev–Trinajstić information content (AvgIpc) is 3.06. The first-order chi connectivity index (χ1) is 13.1. The van der Waals surface area contributed by atoms with E-state index in [-0.39, 0.29) is 17.8 Å². The number of para-hydroxylation sites is 1. The van der Waals surface area contributed by atoms with Crippen molar-refractivity contribution in [3.8, 4) is 11.1 Å². The molecule has 1 amide bonds. The molecule has 0 fully saturated rings. The number of H-pyrrole nitrogens is 1. The lowest BCUT2D eigenvalue weighted by atomic mass is 10.0. The quantitative estimate of drug-likeness (QED) is 0.532. The van der Waals surface area contributed by atoms with Crippen LogP contribution in [-0.4, -0.2) is 36.7 Å². The van der Waals surface area contributed by atoms with E-state index in [0.29, 0.717) is 25.5 Å². The highest BCUT2D eigenvalue weighted by Crippen LogP contribution is 2.32. The predicted molar refractivity (Wildman–Crippen MR) is 105 cm³/mol. The summed E-state index contributed by atoms with van der Waals surface area (Å²) < 4.78 is 18.7. The topological polar surface area (TPSA) is 80.1 Å². The largest absolute Gasteiger partial charge is 0.380 e. The number of aromatic nitrogens is 1. The fourth-order valence-electron chi connectivity index (χ4n) is 2.98. The lowest BCUT2D eigenvalue weighted by Crippen LogP contribution is -2.40. The minimum Gasteiger partial charge on any atom is -0.380 e. The van der Waals surface area contributed by atoms with Crippen LogP contribution >= 0.6 is 0 Å². The molecule has 0 bridgehead atoms. The van der Waals surface area contributed by atoms with Crippen LogP contribution < -0.4 is 11.1 Å². The van der Waals surface area contributed by atoms with Crippen molar-refractivity contribution in [3.05, 3.63) is 60.0 Å². The molecule has 27 heavy (non-hydrogen) atoms. The van der Waals surface area contributed by atoms with Gasteiger partial charge in [-0.3, -0.25) is 4.79 Å². The molecule has 1 aromatic heterocycles. The summed E-state index contributed by atoms with van der Waals surface area (Å²) in [5.41, 5.74) is 8.79. The van der Waals surface area contributed by atoms with E-state index in [1.807, 2.05) is 31.2 Å². The number of aromatic amines is 1. The fraction of sp³-hybridized carbons (Fsp3) is 0.286. The average molecular weight is 369 g/mol. The Bertz CT molecular complexity index is 905. The van der Waals surface area contributed by atoms with Gasteiger partial charge in [-0.25, -0.2) is 4.39 Å². The molecule has 4 N–H and O–H groups in total. The number of hydrogen-bond acceptors (Lipinski definition) is 3. The summed E-state index contributed by atoms with van der Waals surface area (Å²) in [6.07, 6.45) is 0.926. The Morgan fingerprint density at radius 1 is 1.22 bits per heavy atom. The van der Waals surface area contributed by atoms with E-state index in [0.717, 1.165) is 28.5 Å². The second-order valence-electron chi connectivity index (χ2n) is 6.47. The number of hydrogen-bond donors (Lipinski definition) is 3. The lowest BCUT2D eigenvalue weighted by molar-refractivity contribution is 0.0926. The number of ether oxygens (including phenoxy) is 1. The number of carbonyl (C=O) groups is 1.